The van der Waals surface area contributed by atoms with Crippen LogP contribution in [-0.4, -0.2) is 61.7 Å². The lowest BCUT2D eigenvalue weighted by atomic mass is 9.92. The van der Waals surface area contributed by atoms with Gasteiger partial charge in [-0.05, 0) is 68.7 Å². The number of benzene rings is 1. The molecule has 3 fully saturated rings. The molecule has 2 bridgehead atoms. The standard InChI is InChI=1S/C23H32FN3/c24-22-3-1-2-4-23(22)27-13-11-26(12-14-27)21-7-9-25(10-8-21)17-20-16-18-5-6-19(20)15-18/h1-6,18-21H,7-17H2/t18-,19+,20-/m0/s1. The van der Waals surface area contributed by atoms with Gasteiger partial charge >= 0.3 is 0 Å². The molecule has 1 aromatic rings. The summed E-state index contributed by atoms with van der Waals surface area (Å²) in [5, 5.41) is 0. The molecule has 5 rings (SSSR count). The first-order valence-corrected chi connectivity index (χ1v) is 10.9. The number of hydrogen-bond acceptors (Lipinski definition) is 3. The number of fused-ring (bicyclic) bond motifs is 2. The summed E-state index contributed by atoms with van der Waals surface area (Å²) < 4.78 is 14.0. The summed E-state index contributed by atoms with van der Waals surface area (Å²) in [6, 6.07) is 7.92. The third-order valence-corrected chi connectivity index (χ3v) is 7.49. The second kappa shape index (κ2) is 7.56. The summed E-state index contributed by atoms with van der Waals surface area (Å²) in [7, 11) is 0. The van der Waals surface area contributed by atoms with Crippen LogP contribution in [0.1, 0.15) is 25.7 Å². The van der Waals surface area contributed by atoms with Gasteiger partial charge in [0.25, 0.3) is 0 Å². The maximum Gasteiger partial charge on any atom is 0.146 e. The first-order valence-electron chi connectivity index (χ1n) is 10.9. The largest absolute Gasteiger partial charge is 0.367 e. The normalized spacial score (nSPS) is 32.5. The molecule has 1 aromatic carbocycles. The molecule has 2 aliphatic carbocycles. The third kappa shape index (κ3) is 3.66. The third-order valence-electron chi connectivity index (χ3n) is 7.49. The lowest BCUT2D eigenvalue weighted by Gasteiger charge is -2.44. The zero-order chi connectivity index (χ0) is 18.2. The predicted octanol–water partition coefficient (Wildman–Crippen LogP) is 3.62. The van der Waals surface area contributed by atoms with E-state index in [4.69, 9.17) is 0 Å². The number of nitrogens with zero attached hydrogens (tertiary/aromatic N) is 3. The minimum Gasteiger partial charge on any atom is -0.367 e. The second-order valence-electron chi connectivity index (χ2n) is 9.05. The molecule has 0 spiro atoms. The van der Waals surface area contributed by atoms with Gasteiger partial charge in [0.1, 0.15) is 5.82 Å². The van der Waals surface area contributed by atoms with Crippen molar-refractivity contribution in [3.63, 3.8) is 0 Å². The molecule has 0 N–H and O–H groups in total. The van der Waals surface area contributed by atoms with Gasteiger partial charge in [0, 0.05) is 38.8 Å². The lowest BCUT2D eigenvalue weighted by molar-refractivity contribution is 0.0918. The number of piperidine rings is 1. The second-order valence-corrected chi connectivity index (χ2v) is 9.05. The highest BCUT2D eigenvalue weighted by Crippen LogP contribution is 2.43. The van der Waals surface area contributed by atoms with E-state index in [1.807, 2.05) is 12.1 Å². The molecule has 27 heavy (non-hydrogen) atoms. The van der Waals surface area contributed by atoms with Crippen LogP contribution in [0.4, 0.5) is 10.1 Å². The molecule has 4 aliphatic rings. The number of halogens is 1. The summed E-state index contributed by atoms with van der Waals surface area (Å²) in [4.78, 5) is 7.60. The molecule has 2 aliphatic heterocycles. The molecular weight excluding hydrogens is 337 g/mol. The number of hydrogen-bond donors (Lipinski definition) is 0. The van der Waals surface area contributed by atoms with Crippen LogP contribution in [-0.2, 0) is 0 Å². The molecule has 3 nitrogen and oxygen atoms in total. The topological polar surface area (TPSA) is 9.72 Å². The van der Waals surface area contributed by atoms with Crippen LogP contribution in [0.5, 0.6) is 0 Å². The average Bonchev–Trinajstić information content (AvgIpc) is 3.32. The molecule has 0 amide bonds. The van der Waals surface area contributed by atoms with Gasteiger partial charge < -0.3 is 9.80 Å². The van der Waals surface area contributed by atoms with Crippen molar-refractivity contribution < 1.29 is 4.39 Å². The quantitative estimate of drug-likeness (QED) is 0.751. The molecule has 0 unspecified atom stereocenters. The van der Waals surface area contributed by atoms with E-state index in [1.54, 1.807) is 12.1 Å². The average molecular weight is 370 g/mol. The zero-order valence-corrected chi connectivity index (χ0v) is 16.3. The van der Waals surface area contributed by atoms with Crippen LogP contribution in [0.25, 0.3) is 0 Å². The minimum absolute atomic E-state index is 0.0882. The van der Waals surface area contributed by atoms with Crippen LogP contribution >= 0.6 is 0 Å². The SMILES string of the molecule is Fc1ccccc1N1CCN(C2CCN(C[C@@H]3C[C@H]4C=C[C@@H]3C4)CC2)CC1. The van der Waals surface area contributed by atoms with Gasteiger partial charge in [0.2, 0.25) is 0 Å². The fourth-order valence-electron chi connectivity index (χ4n) is 5.94. The van der Waals surface area contributed by atoms with Crippen molar-refractivity contribution in [1.82, 2.24) is 9.80 Å². The van der Waals surface area contributed by atoms with Gasteiger partial charge in [-0.2, -0.15) is 0 Å². The monoisotopic (exact) mass is 369 g/mol. The van der Waals surface area contributed by atoms with Gasteiger partial charge in [-0.3, -0.25) is 4.90 Å². The molecule has 4 heteroatoms. The smallest absolute Gasteiger partial charge is 0.146 e. The van der Waals surface area contributed by atoms with Crippen molar-refractivity contribution >= 4 is 5.69 Å². The lowest BCUT2D eigenvalue weighted by Crippen LogP contribution is -2.53. The molecule has 1 saturated carbocycles. The van der Waals surface area contributed by atoms with Crippen molar-refractivity contribution in [3.8, 4) is 0 Å². The molecule has 0 radical (unpaired) electrons. The van der Waals surface area contributed by atoms with Crippen molar-refractivity contribution in [2.24, 2.45) is 17.8 Å². The van der Waals surface area contributed by atoms with E-state index in [1.165, 1.54) is 45.3 Å². The number of anilines is 1. The fourth-order valence-corrected chi connectivity index (χ4v) is 5.94. The van der Waals surface area contributed by atoms with Crippen LogP contribution in [0.15, 0.2) is 36.4 Å². The van der Waals surface area contributed by atoms with Gasteiger partial charge in [0.15, 0.2) is 0 Å². The van der Waals surface area contributed by atoms with Crippen molar-refractivity contribution in [3.05, 3.63) is 42.2 Å². The van der Waals surface area contributed by atoms with Crippen LogP contribution in [0.3, 0.4) is 0 Å². The Morgan fingerprint density at radius 2 is 1.67 bits per heavy atom. The summed E-state index contributed by atoms with van der Waals surface area (Å²) >= 11 is 0. The van der Waals surface area contributed by atoms with Gasteiger partial charge in [0.05, 0.1) is 5.69 Å². The van der Waals surface area contributed by atoms with E-state index >= 15 is 0 Å². The number of allylic oxidation sites excluding steroid dienone is 2. The number of piperazine rings is 1. The van der Waals surface area contributed by atoms with E-state index in [9.17, 15) is 4.39 Å². The Morgan fingerprint density at radius 3 is 2.33 bits per heavy atom. The highest BCUT2D eigenvalue weighted by molar-refractivity contribution is 5.48. The Bertz CT molecular complexity index is 674. The van der Waals surface area contributed by atoms with E-state index < -0.39 is 0 Å². The van der Waals surface area contributed by atoms with Gasteiger partial charge in [-0.15, -0.1) is 0 Å². The molecule has 2 saturated heterocycles. The van der Waals surface area contributed by atoms with E-state index in [2.05, 4.69) is 26.9 Å². The van der Waals surface area contributed by atoms with Crippen LogP contribution in [0, 0.1) is 23.6 Å². The van der Waals surface area contributed by atoms with E-state index in [0.29, 0.717) is 0 Å². The Labute approximate surface area is 162 Å². The molecule has 0 aromatic heterocycles. The number of likely N-dealkylation sites (tertiary alicyclic amines) is 1. The maximum atomic E-state index is 14.0. The highest BCUT2D eigenvalue weighted by Gasteiger charge is 2.37. The van der Waals surface area contributed by atoms with Gasteiger partial charge in [-0.25, -0.2) is 4.39 Å². The Morgan fingerprint density at radius 1 is 0.889 bits per heavy atom. The highest BCUT2D eigenvalue weighted by atomic mass is 19.1. The first kappa shape index (κ1) is 17.7. The zero-order valence-electron chi connectivity index (χ0n) is 16.3. The predicted molar refractivity (Wildman–Crippen MR) is 108 cm³/mol. The van der Waals surface area contributed by atoms with Crippen molar-refractivity contribution in [2.45, 2.75) is 31.7 Å². The molecule has 146 valence electrons. The van der Waals surface area contributed by atoms with Crippen molar-refractivity contribution in [2.75, 3.05) is 50.7 Å². The van der Waals surface area contributed by atoms with E-state index in [0.717, 1.165) is 55.7 Å². The fraction of sp³-hybridized carbons (Fsp3) is 0.652. The number of para-hydroxylation sites is 1. The van der Waals surface area contributed by atoms with Crippen LogP contribution < -0.4 is 4.90 Å². The maximum absolute atomic E-state index is 14.0. The Hall–Kier alpha value is -1.39. The Balaban J connectivity index is 1.08. The summed E-state index contributed by atoms with van der Waals surface area (Å²) in [6.45, 7) is 7.86. The van der Waals surface area contributed by atoms with Crippen molar-refractivity contribution in [1.29, 1.82) is 0 Å². The molecule has 3 atom stereocenters. The van der Waals surface area contributed by atoms with E-state index in [-0.39, 0.29) is 5.82 Å². The Kier molecular flexibility index (Phi) is 4.95. The number of rotatable bonds is 4. The first-order chi connectivity index (χ1) is 13.3. The summed E-state index contributed by atoms with van der Waals surface area (Å²) in [5.41, 5.74) is 0.770. The summed E-state index contributed by atoms with van der Waals surface area (Å²) in [5.74, 6) is 2.60. The van der Waals surface area contributed by atoms with Gasteiger partial charge in [-0.1, -0.05) is 24.3 Å². The summed E-state index contributed by atoms with van der Waals surface area (Å²) in [6.07, 6.45) is 10.4. The molecular formula is C23H32FN3. The molecule has 2 heterocycles. The minimum atomic E-state index is -0.0882. The van der Waals surface area contributed by atoms with Crippen LogP contribution in [0.2, 0.25) is 0 Å².